The topological polar surface area (TPSA) is 106 Å². The van der Waals surface area contributed by atoms with Crippen LogP contribution in [0.1, 0.15) is 51.5 Å². The van der Waals surface area contributed by atoms with E-state index in [1.165, 1.54) is 13.4 Å². The molecule has 4 atom stereocenters. The van der Waals surface area contributed by atoms with Crippen molar-refractivity contribution in [2.45, 2.75) is 46.0 Å². The fourth-order valence-corrected chi connectivity index (χ4v) is 5.45. The highest BCUT2D eigenvalue weighted by atomic mass is 16.5. The Morgan fingerprint density at radius 1 is 1.43 bits per heavy atom. The van der Waals surface area contributed by atoms with E-state index in [2.05, 4.69) is 18.5 Å². The SMILES string of the molecule is C=C1CCC2[C@@](C)(CCC(=O)[C@@]2(C)C=O)C1CC(=NCC(=O)OC)c1ccoc1O. The van der Waals surface area contributed by atoms with Crippen molar-refractivity contribution in [1.82, 2.24) is 0 Å². The highest BCUT2D eigenvalue weighted by Gasteiger charge is 2.58. The molecule has 3 rings (SSSR count). The largest absolute Gasteiger partial charge is 0.480 e. The molecule has 0 spiro atoms. The van der Waals surface area contributed by atoms with Crippen molar-refractivity contribution >= 4 is 23.8 Å². The fraction of sp³-hybridized carbons (Fsp3) is 0.565. The van der Waals surface area contributed by atoms with Gasteiger partial charge in [0, 0.05) is 6.42 Å². The van der Waals surface area contributed by atoms with E-state index < -0.39 is 11.4 Å². The molecule has 162 valence electrons. The molecule has 0 amide bonds. The predicted octanol–water partition coefficient (Wildman–Crippen LogP) is 3.49. The molecule has 2 aliphatic rings. The second-order valence-corrected chi connectivity index (χ2v) is 8.81. The van der Waals surface area contributed by atoms with Crippen LogP contribution in [0.5, 0.6) is 5.95 Å². The number of ketones is 1. The first-order chi connectivity index (χ1) is 14.2. The number of nitrogens with zero attached hydrogens (tertiary/aromatic N) is 1. The molecule has 1 heterocycles. The van der Waals surface area contributed by atoms with Gasteiger partial charge in [-0.2, -0.15) is 0 Å². The molecule has 7 nitrogen and oxygen atoms in total. The van der Waals surface area contributed by atoms with Crippen molar-refractivity contribution in [3.05, 3.63) is 30.0 Å². The number of Topliss-reactive ketones (excluding diaryl/α,β-unsaturated/α-hetero) is 1. The first kappa shape index (κ1) is 22.0. The van der Waals surface area contributed by atoms with Crippen molar-refractivity contribution in [3.8, 4) is 5.95 Å². The number of esters is 1. The third-order valence-corrected chi connectivity index (χ3v) is 7.28. The first-order valence-corrected chi connectivity index (χ1v) is 10.2. The van der Waals surface area contributed by atoms with E-state index in [-0.39, 0.29) is 35.5 Å². The highest BCUT2D eigenvalue weighted by Crippen LogP contribution is 2.60. The molecule has 1 N–H and O–H groups in total. The maximum atomic E-state index is 12.6. The number of fused-ring (bicyclic) bond motifs is 1. The van der Waals surface area contributed by atoms with E-state index in [1.807, 2.05) is 0 Å². The van der Waals surface area contributed by atoms with Gasteiger partial charge in [-0.15, -0.1) is 0 Å². The van der Waals surface area contributed by atoms with Gasteiger partial charge in [0.25, 0.3) is 5.95 Å². The van der Waals surface area contributed by atoms with Crippen molar-refractivity contribution < 1.29 is 28.6 Å². The van der Waals surface area contributed by atoms with Crippen LogP contribution in [0.3, 0.4) is 0 Å². The molecule has 1 aromatic rings. The molecule has 0 aromatic carbocycles. The third kappa shape index (κ3) is 3.61. The summed E-state index contributed by atoms with van der Waals surface area (Å²) in [7, 11) is 1.29. The lowest BCUT2D eigenvalue weighted by Gasteiger charge is -2.56. The maximum absolute atomic E-state index is 12.6. The quantitative estimate of drug-likeness (QED) is 0.251. The van der Waals surface area contributed by atoms with Crippen LogP contribution in [0.25, 0.3) is 0 Å². The summed E-state index contributed by atoms with van der Waals surface area (Å²) < 4.78 is 9.73. The Morgan fingerprint density at radius 2 is 2.17 bits per heavy atom. The van der Waals surface area contributed by atoms with Gasteiger partial charge in [-0.25, -0.2) is 0 Å². The van der Waals surface area contributed by atoms with Gasteiger partial charge in [-0.1, -0.05) is 19.1 Å². The lowest BCUT2D eigenvalue weighted by Crippen LogP contribution is -2.55. The summed E-state index contributed by atoms with van der Waals surface area (Å²) in [4.78, 5) is 40.7. The van der Waals surface area contributed by atoms with Gasteiger partial charge in [-0.05, 0) is 55.9 Å². The van der Waals surface area contributed by atoms with Gasteiger partial charge in [0.2, 0.25) is 0 Å². The van der Waals surface area contributed by atoms with Crippen LogP contribution < -0.4 is 0 Å². The number of aromatic hydroxyl groups is 1. The summed E-state index contributed by atoms with van der Waals surface area (Å²) in [5, 5.41) is 10.1. The van der Waals surface area contributed by atoms with E-state index in [0.717, 1.165) is 18.3 Å². The van der Waals surface area contributed by atoms with Crippen LogP contribution in [0, 0.1) is 22.7 Å². The molecule has 1 aromatic heterocycles. The van der Waals surface area contributed by atoms with Crippen LogP contribution in [0.15, 0.2) is 33.9 Å². The number of hydrogen-bond donors (Lipinski definition) is 1. The zero-order valence-corrected chi connectivity index (χ0v) is 17.8. The van der Waals surface area contributed by atoms with Crippen LogP contribution in [0.4, 0.5) is 0 Å². The number of hydrogen-bond acceptors (Lipinski definition) is 7. The Morgan fingerprint density at radius 3 is 2.77 bits per heavy atom. The van der Waals surface area contributed by atoms with Gasteiger partial charge in [-0.3, -0.25) is 14.6 Å². The number of ether oxygens (including phenoxy) is 1. The number of carbonyl (C=O) groups excluding carboxylic acids is 3. The van der Waals surface area contributed by atoms with Crippen molar-refractivity contribution in [1.29, 1.82) is 0 Å². The minimum absolute atomic E-state index is 0.00158. The molecule has 0 radical (unpaired) electrons. The molecule has 7 heteroatoms. The number of carbonyl (C=O) groups is 3. The number of rotatable bonds is 6. The standard InChI is InChI=1S/C23H29NO6/c1-14-5-6-18-22(2,9-7-19(26)23(18,3)13-25)16(14)11-17(24-12-20(27)29-4)15-8-10-30-21(15)28/h8,10,13,16,18,28H,1,5-7,9,11-12H2,2-4H3/t16?,18?,22-,23-/m0/s1. The molecule has 2 saturated carbocycles. The van der Waals surface area contributed by atoms with Gasteiger partial charge < -0.3 is 19.1 Å². The third-order valence-electron chi connectivity index (χ3n) is 7.28. The van der Waals surface area contributed by atoms with Crippen LogP contribution in [-0.2, 0) is 19.1 Å². The Bertz CT molecular complexity index is 899. The summed E-state index contributed by atoms with van der Waals surface area (Å²) in [5.41, 5.74) is 0.633. The summed E-state index contributed by atoms with van der Waals surface area (Å²) in [6.07, 6.45) is 5.04. The zero-order valence-electron chi connectivity index (χ0n) is 17.8. The van der Waals surface area contributed by atoms with Crippen LogP contribution in [-0.4, -0.2) is 42.5 Å². The number of methoxy groups -OCH3 is 1. The molecule has 0 bridgehead atoms. The summed E-state index contributed by atoms with van der Waals surface area (Å²) in [5.74, 6) is -0.913. The first-order valence-electron chi connectivity index (χ1n) is 10.2. The summed E-state index contributed by atoms with van der Waals surface area (Å²) >= 11 is 0. The molecule has 2 aliphatic carbocycles. The summed E-state index contributed by atoms with van der Waals surface area (Å²) in [6.45, 7) is 7.98. The number of allylic oxidation sites excluding steroid dienone is 1. The normalized spacial score (nSPS) is 31.9. The molecular formula is C23H29NO6. The average Bonchev–Trinajstić information content (AvgIpc) is 3.15. The Balaban J connectivity index is 1.99. The zero-order chi connectivity index (χ0) is 22.1. The maximum Gasteiger partial charge on any atom is 0.327 e. The monoisotopic (exact) mass is 415 g/mol. The van der Waals surface area contributed by atoms with Crippen molar-refractivity contribution in [3.63, 3.8) is 0 Å². The van der Waals surface area contributed by atoms with E-state index in [9.17, 15) is 19.5 Å². The Kier molecular flexibility index (Phi) is 6.01. The minimum Gasteiger partial charge on any atom is -0.480 e. The lowest BCUT2D eigenvalue weighted by atomic mass is 9.46. The second kappa shape index (κ2) is 8.20. The van der Waals surface area contributed by atoms with E-state index >= 15 is 0 Å². The average molecular weight is 415 g/mol. The fourth-order valence-electron chi connectivity index (χ4n) is 5.45. The second-order valence-electron chi connectivity index (χ2n) is 8.81. The number of aliphatic imine (C=N–C) groups is 1. The summed E-state index contributed by atoms with van der Waals surface area (Å²) in [6, 6.07) is 1.61. The lowest BCUT2D eigenvalue weighted by molar-refractivity contribution is -0.151. The van der Waals surface area contributed by atoms with E-state index in [0.29, 0.717) is 37.0 Å². The number of furan rings is 1. The van der Waals surface area contributed by atoms with Crippen LogP contribution >= 0.6 is 0 Å². The van der Waals surface area contributed by atoms with Gasteiger partial charge in [0.15, 0.2) is 0 Å². The van der Waals surface area contributed by atoms with Gasteiger partial charge in [0.05, 0.1) is 30.1 Å². The van der Waals surface area contributed by atoms with Gasteiger partial charge >= 0.3 is 5.97 Å². The Hall–Kier alpha value is -2.70. The van der Waals surface area contributed by atoms with Gasteiger partial charge in [0.1, 0.15) is 18.6 Å². The predicted molar refractivity (Wildman–Crippen MR) is 110 cm³/mol. The van der Waals surface area contributed by atoms with E-state index in [4.69, 9.17) is 9.15 Å². The molecular weight excluding hydrogens is 386 g/mol. The smallest absolute Gasteiger partial charge is 0.327 e. The van der Waals surface area contributed by atoms with E-state index in [1.54, 1.807) is 13.0 Å². The minimum atomic E-state index is -1.01. The van der Waals surface area contributed by atoms with Crippen molar-refractivity contribution in [2.24, 2.45) is 27.7 Å². The highest BCUT2D eigenvalue weighted by molar-refractivity contribution is 6.03. The molecule has 30 heavy (non-hydrogen) atoms. The molecule has 2 fully saturated rings. The van der Waals surface area contributed by atoms with Crippen molar-refractivity contribution in [2.75, 3.05) is 13.7 Å². The Labute approximate surface area is 176 Å². The molecule has 2 unspecified atom stereocenters. The van der Waals surface area contributed by atoms with Crippen LogP contribution in [0.2, 0.25) is 0 Å². The molecule has 0 aliphatic heterocycles. The molecule has 0 saturated heterocycles. The number of aldehydes is 1.